The van der Waals surface area contributed by atoms with Crippen molar-refractivity contribution in [1.29, 1.82) is 0 Å². The lowest BCUT2D eigenvalue weighted by Crippen LogP contribution is -2.21. The van der Waals surface area contributed by atoms with E-state index in [0.29, 0.717) is 0 Å². The van der Waals surface area contributed by atoms with Crippen molar-refractivity contribution in [1.82, 2.24) is 10.6 Å². The van der Waals surface area contributed by atoms with E-state index in [-0.39, 0.29) is 0 Å². The molecule has 90 valence electrons. The number of hydrogen-bond donors (Lipinski definition) is 2. The monoisotopic (exact) mass is 212 g/mol. The minimum absolute atomic E-state index is 1.25. The van der Waals surface area contributed by atoms with Crippen LogP contribution in [0.2, 0.25) is 0 Å². The highest BCUT2D eigenvalue weighted by Crippen LogP contribution is 2.15. The van der Waals surface area contributed by atoms with Crippen LogP contribution in [0.25, 0.3) is 0 Å². The molecule has 0 unspecified atom stereocenters. The molecule has 3 fully saturated rings. The van der Waals surface area contributed by atoms with E-state index in [2.05, 4.69) is 10.6 Å². The Morgan fingerprint density at radius 2 is 0.600 bits per heavy atom. The predicted molar refractivity (Wildman–Crippen MR) is 67.3 cm³/mol. The maximum absolute atomic E-state index is 3.28. The van der Waals surface area contributed by atoms with Gasteiger partial charge in [0.1, 0.15) is 0 Å². The molecule has 0 radical (unpaired) electrons. The first-order valence-corrected chi connectivity index (χ1v) is 6.91. The second-order valence-corrected chi connectivity index (χ2v) is 4.68. The SMILES string of the molecule is C1CCC1.C1CCNC1.C1CCNCC1. The summed E-state index contributed by atoms with van der Waals surface area (Å²) in [6.07, 6.45) is 13.0. The largest absolute Gasteiger partial charge is 0.317 e. The van der Waals surface area contributed by atoms with Gasteiger partial charge in [-0.1, -0.05) is 32.1 Å². The van der Waals surface area contributed by atoms with Gasteiger partial charge < -0.3 is 10.6 Å². The van der Waals surface area contributed by atoms with Gasteiger partial charge in [0.2, 0.25) is 0 Å². The van der Waals surface area contributed by atoms with Gasteiger partial charge in [-0.25, -0.2) is 0 Å². The summed E-state index contributed by atoms with van der Waals surface area (Å²) in [5.41, 5.74) is 0. The third kappa shape index (κ3) is 8.88. The summed E-state index contributed by atoms with van der Waals surface area (Å²) in [7, 11) is 0. The zero-order valence-electron chi connectivity index (χ0n) is 10.2. The van der Waals surface area contributed by atoms with Crippen molar-refractivity contribution in [3.8, 4) is 0 Å². The maximum Gasteiger partial charge on any atom is -0.00484 e. The summed E-state index contributed by atoms with van der Waals surface area (Å²) in [6.45, 7) is 5.00. The number of piperidine rings is 1. The van der Waals surface area contributed by atoms with Gasteiger partial charge in [-0.2, -0.15) is 0 Å². The molecule has 1 saturated carbocycles. The summed E-state index contributed by atoms with van der Waals surface area (Å²) in [6, 6.07) is 0. The molecular formula is C13H28N2. The molecule has 0 aromatic carbocycles. The molecule has 0 aromatic rings. The normalized spacial score (nSPS) is 24.0. The lowest BCUT2D eigenvalue weighted by atomic mass is 10.0. The van der Waals surface area contributed by atoms with Crippen LogP contribution >= 0.6 is 0 Å². The minimum atomic E-state index is 1.25. The molecule has 0 spiro atoms. The van der Waals surface area contributed by atoms with Crippen molar-refractivity contribution >= 4 is 0 Å². The second-order valence-electron chi connectivity index (χ2n) is 4.68. The molecule has 3 rings (SSSR count). The summed E-state index contributed by atoms with van der Waals surface area (Å²) >= 11 is 0. The van der Waals surface area contributed by atoms with Gasteiger partial charge in [-0.05, 0) is 51.9 Å². The fraction of sp³-hybridized carbons (Fsp3) is 1.00. The molecule has 0 bridgehead atoms. The molecular weight excluding hydrogens is 184 g/mol. The Labute approximate surface area is 95.2 Å². The van der Waals surface area contributed by atoms with Crippen molar-refractivity contribution in [3.05, 3.63) is 0 Å². The van der Waals surface area contributed by atoms with Crippen molar-refractivity contribution in [2.45, 2.75) is 57.8 Å². The van der Waals surface area contributed by atoms with Crippen LogP contribution in [0.1, 0.15) is 57.8 Å². The molecule has 0 aromatic heterocycles. The Hall–Kier alpha value is -0.0800. The summed E-state index contributed by atoms with van der Waals surface area (Å²) in [5.74, 6) is 0. The van der Waals surface area contributed by atoms with E-state index in [9.17, 15) is 0 Å². The lowest BCUT2D eigenvalue weighted by Gasteiger charge is -2.08. The van der Waals surface area contributed by atoms with Crippen LogP contribution < -0.4 is 10.6 Å². The minimum Gasteiger partial charge on any atom is -0.317 e. The molecule has 2 saturated heterocycles. The topological polar surface area (TPSA) is 24.1 Å². The Morgan fingerprint density at radius 3 is 0.733 bits per heavy atom. The van der Waals surface area contributed by atoms with Crippen LogP contribution in [0.4, 0.5) is 0 Å². The first-order valence-electron chi connectivity index (χ1n) is 6.91. The van der Waals surface area contributed by atoms with Gasteiger partial charge in [0.25, 0.3) is 0 Å². The quantitative estimate of drug-likeness (QED) is 0.645. The van der Waals surface area contributed by atoms with Gasteiger partial charge in [0.05, 0.1) is 0 Å². The van der Waals surface area contributed by atoms with Crippen LogP contribution in [-0.4, -0.2) is 26.2 Å². The average Bonchev–Trinajstić information content (AvgIpc) is 2.75. The fourth-order valence-electron chi connectivity index (χ4n) is 1.68. The molecule has 2 heterocycles. The Morgan fingerprint density at radius 1 is 0.333 bits per heavy atom. The first kappa shape index (κ1) is 13.0. The van der Waals surface area contributed by atoms with Crippen molar-refractivity contribution in [2.24, 2.45) is 0 Å². The smallest absolute Gasteiger partial charge is 0.00484 e. The van der Waals surface area contributed by atoms with Crippen molar-refractivity contribution in [2.75, 3.05) is 26.2 Å². The number of rotatable bonds is 0. The summed E-state index contributed by atoms with van der Waals surface area (Å²) in [5, 5.41) is 6.51. The van der Waals surface area contributed by atoms with E-state index in [0.717, 1.165) is 0 Å². The number of hydrogen-bond acceptors (Lipinski definition) is 2. The van der Waals surface area contributed by atoms with E-state index in [4.69, 9.17) is 0 Å². The fourth-order valence-corrected chi connectivity index (χ4v) is 1.68. The highest BCUT2D eigenvalue weighted by Gasteiger charge is 1.95. The molecule has 2 nitrogen and oxygen atoms in total. The maximum atomic E-state index is 3.28. The second kappa shape index (κ2) is 10.4. The summed E-state index contributed by atoms with van der Waals surface area (Å²) in [4.78, 5) is 0. The molecule has 3 aliphatic rings. The van der Waals surface area contributed by atoms with E-state index in [1.807, 2.05) is 0 Å². The van der Waals surface area contributed by atoms with Gasteiger partial charge in [-0.15, -0.1) is 0 Å². The molecule has 2 aliphatic heterocycles. The molecule has 0 amide bonds. The Balaban J connectivity index is 0.000000115. The Bertz CT molecular complexity index is 90.6. The third-order valence-electron chi connectivity index (χ3n) is 3.16. The zero-order chi connectivity index (χ0) is 10.6. The van der Waals surface area contributed by atoms with Crippen LogP contribution in [0, 0.1) is 0 Å². The van der Waals surface area contributed by atoms with Crippen LogP contribution in [0.5, 0.6) is 0 Å². The predicted octanol–water partition coefficient (Wildman–Crippen LogP) is 2.69. The lowest BCUT2D eigenvalue weighted by molar-refractivity contribution is 0.504. The molecule has 15 heavy (non-hydrogen) atoms. The van der Waals surface area contributed by atoms with E-state index in [1.54, 1.807) is 0 Å². The van der Waals surface area contributed by atoms with Gasteiger partial charge in [-0.3, -0.25) is 0 Å². The van der Waals surface area contributed by atoms with Crippen molar-refractivity contribution < 1.29 is 0 Å². The summed E-state index contributed by atoms with van der Waals surface area (Å²) < 4.78 is 0. The zero-order valence-corrected chi connectivity index (χ0v) is 10.2. The average molecular weight is 212 g/mol. The van der Waals surface area contributed by atoms with E-state index >= 15 is 0 Å². The molecule has 2 heteroatoms. The number of nitrogens with one attached hydrogen (secondary N) is 2. The van der Waals surface area contributed by atoms with Crippen LogP contribution in [-0.2, 0) is 0 Å². The van der Waals surface area contributed by atoms with Crippen LogP contribution in [0.15, 0.2) is 0 Å². The van der Waals surface area contributed by atoms with E-state index < -0.39 is 0 Å². The van der Waals surface area contributed by atoms with Gasteiger partial charge >= 0.3 is 0 Å². The standard InChI is InChI=1S/C5H11N.C4H9N.C4H8/c1-2-4-6-5-3-1;1-2-4-5-3-1;1-2-4-3-1/h6H,1-5H2;5H,1-4H2;1-4H2. The molecule has 0 atom stereocenters. The van der Waals surface area contributed by atoms with Gasteiger partial charge in [0.15, 0.2) is 0 Å². The highest BCUT2D eigenvalue weighted by molar-refractivity contribution is 4.56. The Kier molecular flexibility index (Phi) is 9.04. The first-order chi connectivity index (χ1) is 7.50. The van der Waals surface area contributed by atoms with Crippen LogP contribution in [0.3, 0.4) is 0 Å². The van der Waals surface area contributed by atoms with Gasteiger partial charge in [0, 0.05) is 0 Å². The molecule has 1 aliphatic carbocycles. The third-order valence-corrected chi connectivity index (χ3v) is 3.16. The molecule has 2 N–H and O–H groups in total. The van der Waals surface area contributed by atoms with Crippen molar-refractivity contribution in [3.63, 3.8) is 0 Å². The van der Waals surface area contributed by atoms with E-state index in [1.165, 1.54) is 84.0 Å². The highest BCUT2D eigenvalue weighted by atomic mass is 14.9.